The molecule has 4 atom stereocenters. The van der Waals surface area contributed by atoms with E-state index in [1.807, 2.05) is 10.8 Å². The molecule has 0 spiro atoms. The maximum Gasteiger partial charge on any atom is 0.190 e. The molecule has 0 amide bonds. The Morgan fingerprint density at radius 3 is 2.87 bits per heavy atom. The van der Waals surface area contributed by atoms with Crippen LogP contribution in [0.15, 0.2) is 17.7 Å². The van der Waals surface area contributed by atoms with Gasteiger partial charge in [-0.3, -0.25) is 0 Å². The van der Waals surface area contributed by atoms with E-state index < -0.39 is 30.4 Å². The van der Waals surface area contributed by atoms with Crippen molar-refractivity contribution in [3.8, 4) is 0 Å². The number of aliphatic hydroxyl groups is 1. The molecule has 2 saturated heterocycles. The highest BCUT2D eigenvalue weighted by Gasteiger charge is 2.54. The lowest BCUT2D eigenvalue weighted by Gasteiger charge is -2.23. The lowest BCUT2D eigenvalue weighted by molar-refractivity contribution is -0.216. The molecule has 2 aliphatic heterocycles. The molecule has 0 aliphatic carbocycles. The van der Waals surface area contributed by atoms with E-state index in [-0.39, 0.29) is 0 Å². The number of ether oxygens (including phenoxy) is 3. The van der Waals surface area contributed by atoms with Crippen molar-refractivity contribution < 1.29 is 19.3 Å². The third-order valence-electron chi connectivity index (χ3n) is 4.05. The highest BCUT2D eigenvalue weighted by molar-refractivity contribution is 7.98. The first-order valence-electron chi connectivity index (χ1n) is 7.37. The van der Waals surface area contributed by atoms with Gasteiger partial charge in [0.25, 0.3) is 0 Å². The third kappa shape index (κ3) is 2.52. The topological polar surface area (TPSA) is 91.5 Å². The van der Waals surface area contributed by atoms with Crippen molar-refractivity contribution in [1.82, 2.24) is 19.5 Å². The average molecular weight is 338 g/mol. The van der Waals surface area contributed by atoms with Crippen LogP contribution in [-0.4, -0.2) is 61.3 Å². The molecule has 1 N–H and O–H groups in total. The number of thioether (sulfide) groups is 1. The fraction of sp³-hybridized carbons (Fsp3) is 0.643. The van der Waals surface area contributed by atoms with Gasteiger partial charge < -0.3 is 23.9 Å². The Morgan fingerprint density at radius 2 is 2.13 bits per heavy atom. The molecular weight excluding hydrogens is 320 g/mol. The Morgan fingerprint density at radius 1 is 1.30 bits per heavy atom. The molecule has 2 aliphatic rings. The first kappa shape index (κ1) is 15.3. The summed E-state index contributed by atoms with van der Waals surface area (Å²) >= 11 is 1.52. The lowest BCUT2D eigenvalue weighted by atomic mass is 10.1. The zero-order valence-corrected chi connectivity index (χ0v) is 13.9. The van der Waals surface area contributed by atoms with Crippen LogP contribution in [0.5, 0.6) is 0 Å². The van der Waals surface area contributed by atoms with Crippen molar-refractivity contribution in [2.24, 2.45) is 0 Å². The number of hydrogen-bond donors (Lipinski definition) is 1. The van der Waals surface area contributed by atoms with Gasteiger partial charge in [-0.05, 0) is 20.1 Å². The molecule has 0 bridgehead atoms. The maximum atomic E-state index is 10.5. The summed E-state index contributed by atoms with van der Waals surface area (Å²) < 4.78 is 19.0. The second-order valence-corrected chi connectivity index (χ2v) is 6.88. The van der Waals surface area contributed by atoms with Crippen molar-refractivity contribution in [2.45, 2.75) is 55.8 Å². The summed E-state index contributed by atoms with van der Waals surface area (Å²) in [6.45, 7) is 4.03. The fourth-order valence-corrected chi connectivity index (χ4v) is 3.54. The van der Waals surface area contributed by atoms with E-state index in [1.54, 1.807) is 20.2 Å². The first-order chi connectivity index (χ1) is 11.0. The highest BCUT2D eigenvalue weighted by Crippen LogP contribution is 2.38. The molecule has 2 aromatic heterocycles. The number of fused-ring (bicyclic) bond motifs is 2. The normalized spacial score (nSPS) is 32.5. The van der Waals surface area contributed by atoms with E-state index in [0.29, 0.717) is 6.54 Å². The summed E-state index contributed by atoms with van der Waals surface area (Å²) in [5.41, 5.74) is 1.47. The van der Waals surface area contributed by atoms with E-state index in [9.17, 15) is 5.11 Å². The van der Waals surface area contributed by atoms with Crippen LogP contribution in [0.2, 0.25) is 0 Å². The van der Waals surface area contributed by atoms with Gasteiger partial charge in [0.1, 0.15) is 35.2 Å². The number of rotatable bonds is 3. The van der Waals surface area contributed by atoms with Gasteiger partial charge in [0, 0.05) is 0 Å². The highest BCUT2D eigenvalue weighted by atomic mass is 32.2. The van der Waals surface area contributed by atoms with Crippen LogP contribution in [0, 0.1) is 0 Å². The molecule has 0 aromatic carbocycles. The largest absolute Gasteiger partial charge is 0.387 e. The average Bonchev–Trinajstić information content (AvgIpc) is 3.13. The van der Waals surface area contributed by atoms with Crippen molar-refractivity contribution in [3.05, 3.63) is 12.7 Å². The number of nitrogens with zero attached hydrogens (tertiary/aromatic N) is 4. The molecule has 2 aromatic rings. The SMILES string of the molecule is CSc1ncnc2c1ncn2C[C@H]1O[C@@H]2OC(C)(C)O[C@@H]2[C@H]1O. The van der Waals surface area contributed by atoms with Gasteiger partial charge in [0.2, 0.25) is 0 Å². The zero-order valence-electron chi connectivity index (χ0n) is 13.0. The molecule has 4 rings (SSSR count). The number of aromatic nitrogens is 4. The summed E-state index contributed by atoms with van der Waals surface area (Å²) in [5.74, 6) is -0.733. The van der Waals surface area contributed by atoms with E-state index >= 15 is 0 Å². The van der Waals surface area contributed by atoms with Crippen molar-refractivity contribution in [3.63, 3.8) is 0 Å². The summed E-state index contributed by atoms with van der Waals surface area (Å²) in [6, 6.07) is 0. The molecule has 0 unspecified atom stereocenters. The molecule has 0 saturated carbocycles. The Labute approximate surface area is 137 Å². The summed E-state index contributed by atoms with van der Waals surface area (Å²) in [7, 11) is 0. The molecular formula is C14H18N4O4S. The molecule has 23 heavy (non-hydrogen) atoms. The first-order valence-corrected chi connectivity index (χ1v) is 8.60. The van der Waals surface area contributed by atoms with E-state index in [0.717, 1.165) is 16.2 Å². The monoisotopic (exact) mass is 338 g/mol. The predicted octanol–water partition coefficient (Wildman–Crippen LogP) is 0.785. The Hall–Kier alpha value is -1.26. The number of hydrogen-bond acceptors (Lipinski definition) is 8. The standard InChI is InChI=1S/C14H18N4O4S/c1-14(2)21-10-9(19)7(20-13(10)22-14)4-18-6-17-8-11(18)15-5-16-12(8)23-3/h5-7,9-10,13,19H,4H2,1-3H3/t7-,9+,10-,13-/m1/s1. The Balaban J connectivity index is 1.56. The minimum absolute atomic E-state index is 0.419. The summed E-state index contributed by atoms with van der Waals surface area (Å²) in [6.07, 6.45) is 2.93. The predicted molar refractivity (Wildman–Crippen MR) is 81.8 cm³/mol. The molecule has 124 valence electrons. The molecule has 4 heterocycles. The summed E-state index contributed by atoms with van der Waals surface area (Å²) in [5, 5.41) is 11.3. The zero-order chi connectivity index (χ0) is 16.2. The van der Waals surface area contributed by atoms with Gasteiger partial charge in [-0.1, -0.05) is 0 Å². The van der Waals surface area contributed by atoms with E-state index in [1.165, 1.54) is 18.1 Å². The van der Waals surface area contributed by atoms with Crippen LogP contribution in [-0.2, 0) is 20.8 Å². The second kappa shape index (κ2) is 5.38. The Kier molecular flexibility index (Phi) is 3.58. The van der Waals surface area contributed by atoms with Crippen molar-refractivity contribution in [1.29, 1.82) is 0 Å². The number of aliphatic hydroxyl groups excluding tert-OH is 1. The minimum Gasteiger partial charge on any atom is -0.387 e. The lowest BCUT2D eigenvalue weighted by Crippen LogP contribution is -2.36. The second-order valence-electron chi connectivity index (χ2n) is 6.09. The quantitative estimate of drug-likeness (QED) is 0.649. The molecule has 0 radical (unpaired) electrons. The van der Waals surface area contributed by atoms with Crippen LogP contribution in [0.1, 0.15) is 13.8 Å². The Bertz CT molecular complexity index is 737. The van der Waals surface area contributed by atoms with Crippen LogP contribution in [0.3, 0.4) is 0 Å². The van der Waals surface area contributed by atoms with Gasteiger partial charge in [-0.2, -0.15) is 0 Å². The third-order valence-corrected chi connectivity index (χ3v) is 4.74. The van der Waals surface area contributed by atoms with Gasteiger partial charge in [0.05, 0.1) is 12.9 Å². The fourth-order valence-electron chi connectivity index (χ4n) is 3.05. The minimum atomic E-state index is -0.763. The van der Waals surface area contributed by atoms with Crippen LogP contribution in [0.25, 0.3) is 11.2 Å². The van der Waals surface area contributed by atoms with Gasteiger partial charge in [-0.15, -0.1) is 11.8 Å². The van der Waals surface area contributed by atoms with Gasteiger partial charge in [0.15, 0.2) is 17.7 Å². The summed E-state index contributed by atoms with van der Waals surface area (Å²) in [4.78, 5) is 12.9. The van der Waals surface area contributed by atoms with Crippen LogP contribution >= 0.6 is 11.8 Å². The molecule has 9 heteroatoms. The molecule has 2 fully saturated rings. The van der Waals surface area contributed by atoms with Gasteiger partial charge >= 0.3 is 0 Å². The maximum absolute atomic E-state index is 10.5. The van der Waals surface area contributed by atoms with Gasteiger partial charge in [-0.25, -0.2) is 15.0 Å². The van der Waals surface area contributed by atoms with Crippen LogP contribution < -0.4 is 0 Å². The van der Waals surface area contributed by atoms with E-state index in [2.05, 4.69) is 15.0 Å². The van der Waals surface area contributed by atoms with Crippen molar-refractivity contribution >= 4 is 22.9 Å². The number of imidazole rings is 1. The van der Waals surface area contributed by atoms with E-state index in [4.69, 9.17) is 14.2 Å². The van der Waals surface area contributed by atoms with Crippen molar-refractivity contribution in [2.75, 3.05) is 6.26 Å². The van der Waals surface area contributed by atoms with Crippen LogP contribution in [0.4, 0.5) is 0 Å². The smallest absolute Gasteiger partial charge is 0.190 e. The molecule has 8 nitrogen and oxygen atoms in total.